The maximum atomic E-state index is 12.5. The molecule has 3 rings (SSSR count). The third kappa shape index (κ3) is 4.75. The molecule has 146 valence electrons. The van der Waals surface area contributed by atoms with Gasteiger partial charge in [0.2, 0.25) is 0 Å². The summed E-state index contributed by atoms with van der Waals surface area (Å²) in [5, 5.41) is 13.5. The molecule has 0 saturated carbocycles. The van der Waals surface area contributed by atoms with Gasteiger partial charge in [-0.25, -0.2) is 0 Å². The van der Waals surface area contributed by atoms with Gasteiger partial charge in [-0.15, -0.1) is 10.2 Å². The van der Waals surface area contributed by atoms with Gasteiger partial charge in [-0.05, 0) is 42.2 Å². The lowest BCUT2D eigenvalue weighted by molar-refractivity contribution is 0.0950. The molecule has 0 fully saturated rings. The summed E-state index contributed by atoms with van der Waals surface area (Å²) in [5.74, 6) is 0.992. The first kappa shape index (κ1) is 21.3. The van der Waals surface area contributed by atoms with Crippen molar-refractivity contribution in [2.75, 3.05) is 5.75 Å². The van der Waals surface area contributed by atoms with Crippen LogP contribution in [0.5, 0.6) is 0 Å². The molecule has 28 heavy (non-hydrogen) atoms. The highest BCUT2D eigenvalue weighted by molar-refractivity contribution is 7.99. The minimum Gasteiger partial charge on any atom is -0.345 e. The van der Waals surface area contributed by atoms with Crippen LogP contribution in [0.4, 0.5) is 0 Å². The summed E-state index contributed by atoms with van der Waals surface area (Å²) < 4.78 is 1.83. The van der Waals surface area contributed by atoms with E-state index < -0.39 is 0 Å². The van der Waals surface area contributed by atoms with Gasteiger partial charge in [0.1, 0.15) is 0 Å². The monoisotopic (exact) mass is 474 g/mol. The number of benzene rings is 2. The number of nitrogens with one attached hydrogen (secondary N) is 1. The molecule has 0 atom stereocenters. The van der Waals surface area contributed by atoms with Crippen LogP contribution >= 0.6 is 58.2 Å². The van der Waals surface area contributed by atoms with E-state index in [0.717, 1.165) is 11.4 Å². The first-order valence-corrected chi connectivity index (χ1v) is 10.7. The van der Waals surface area contributed by atoms with Gasteiger partial charge in [0, 0.05) is 5.02 Å². The molecule has 1 N–H and O–H groups in total. The highest BCUT2D eigenvalue weighted by Crippen LogP contribution is 2.28. The maximum Gasteiger partial charge on any atom is 0.253 e. The largest absolute Gasteiger partial charge is 0.345 e. The van der Waals surface area contributed by atoms with E-state index in [1.807, 2.05) is 17.6 Å². The molecule has 0 radical (unpaired) electrons. The quantitative estimate of drug-likeness (QED) is 0.449. The topological polar surface area (TPSA) is 59.8 Å². The van der Waals surface area contributed by atoms with Gasteiger partial charge < -0.3 is 5.32 Å². The Morgan fingerprint density at radius 1 is 1.04 bits per heavy atom. The van der Waals surface area contributed by atoms with Crippen molar-refractivity contribution in [2.24, 2.45) is 0 Å². The second-order valence-corrected chi connectivity index (χ2v) is 8.46. The van der Waals surface area contributed by atoms with E-state index in [1.54, 1.807) is 24.3 Å². The van der Waals surface area contributed by atoms with E-state index >= 15 is 0 Å². The SMILES string of the molecule is CCSc1nnc(CNC(=O)c2cc(Cl)ccc2Cl)n1-c1ccc(Cl)c(Cl)c1. The van der Waals surface area contributed by atoms with Gasteiger partial charge in [-0.1, -0.05) is 65.1 Å². The van der Waals surface area contributed by atoms with Crippen LogP contribution in [0.25, 0.3) is 5.69 Å². The van der Waals surface area contributed by atoms with Gasteiger partial charge in [0.15, 0.2) is 11.0 Å². The zero-order chi connectivity index (χ0) is 20.3. The molecule has 10 heteroatoms. The van der Waals surface area contributed by atoms with Crippen molar-refractivity contribution in [2.45, 2.75) is 18.6 Å². The number of nitrogens with zero attached hydrogens (tertiary/aromatic N) is 3. The summed E-state index contributed by atoms with van der Waals surface area (Å²) in [7, 11) is 0. The van der Waals surface area contributed by atoms with Crippen molar-refractivity contribution in [3.8, 4) is 5.69 Å². The van der Waals surface area contributed by atoms with Gasteiger partial charge in [0.05, 0.1) is 32.9 Å². The number of hydrogen-bond acceptors (Lipinski definition) is 4. The van der Waals surface area contributed by atoms with E-state index in [1.165, 1.54) is 17.8 Å². The fourth-order valence-electron chi connectivity index (χ4n) is 2.45. The standard InChI is InChI=1S/C18H14Cl4N4OS/c1-2-28-18-25-24-16(26(18)11-4-6-14(21)15(22)8-11)9-23-17(27)12-7-10(19)3-5-13(12)20/h3-8H,2,9H2,1H3,(H,23,27). The summed E-state index contributed by atoms with van der Waals surface area (Å²) in [6, 6.07) is 9.96. The maximum absolute atomic E-state index is 12.5. The summed E-state index contributed by atoms with van der Waals surface area (Å²) >= 11 is 25.8. The molecule has 1 amide bonds. The molecule has 5 nitrogen and oxygen atoms in total. The number of amides is 1. The number of rotatable bonds is 6. The molecule has 1 aromatic heterocycles. The summed E-state index contributed by atoms with van der Waals surface area (Å²) in [5.41, 5.74) is 1.04. The average molecular weight is 476 g/mol. The molecule has 0 aliphatic carbocycles. The van der Waals surface area contributed by atoms with Gasteiger partial charge in [0.25, 0.3) is 5.91 Å². The molecule has 0 saturated heterocycles. The van der Waals surface area contributed by atoms with Crippen LogP contribution in [0.2, 0.25) is 20.1 Å². The molecular formula is C18H14Cl4N4OS. The molecule has 2 aromatic carbocycles. The van der Waals surface area contributed by atoms with Crippen molar-refractivity contribution < 1.29 is 4.79 Å². The summed E-state index contributed by atoms with van der Waals surface area (Å²) in [6.07, 6.45) is 0. The first-order valence-electron chi connectivity index (χ1n) is 8.16. The van der Waals surface area contributed by atoms with Gasteiger partial charge in [-0.2, -0.15) is 0 Å². The third-order valence-corrected chi connectivity index (χ3v) is 5.83. The second-order valence-electron chi connectivity index (χ2n) is 5.57. The minimum atomic E-state index is -0.360. The minimum absolute atomic E-state index is 0.138. The highest BCUT2D eigenvalue weighted by atomic mass is 35.5. The molecular weight excluding hydrogens is 462 g/mol. The van der Waals surface area contributed by atoms with Crippen LogP contribution in [0.3, 0.4) is 0 Å². The fraction of sp³-hybridized carbons (Fsp3) is 0.167. The van der Waals surface area contributed by atoms with Crippen LogP contribution in [-0.2, 0) is 6.54 Å². The number of aromatic nitrogens is 3. The number of thioether (sulfide) groups is 1. The zero-order valence-electron chi connectivity index (χ0n) is 14.5. The van der Waals surface area contributed by atoms with Crippen molar-refractivity contribution in [3.05, 3.63) is 67.9 Å². The summed E-state index contributed by atoms with van der Waals surface area (Å²) in [6.45, 7) is 2.15. The average Bonchev–Trinajstić information content (AvgIpc) is 3.07. The Labute approximate surface area is 186 Å². The third-order valence-electron chi connectivity index (χ3n) is 3.72. The Bertz CT molecular complexity index is 1020. The smallest absolute Gasteiger partial charge is 0.253 e. The molecule has 3 aromatic rings. The van der Waals surface area contributed by atoms with Crippen molar-refractivity contribution in [1.82, 2.24) is 20.1 Å². The Morgan fingerprint density at radius 2 is 1.79 bits per heavy atom. The molecule has 0 unspecified atom stereocenters. The Balaban J connectivity index is 1.89. The number of halogens is 4. The number of carbonyl (C=O) groups excluding carboxylic acids is 1. The van der Waals surface area contributed by atoms with Crippen LogP contribution in [0, 0.1) is 0 Å². The Hall–Kier alpha value is -1.44. The molecule has 0 aliphatic rings. The van der Waals surface area contributed by atoms with Crippen molar-refractivity contribution >= 4 is 64.1 Å². The summed E-state index contributed by atoms with van der Waals surface area (Å²) in [4.78, 5) is 12.5. The lowest BCUT2D eigenvalue weighted by Crippen LogP contribution is -2.25. The lowest BCUT2D eigenvalue weighted by Gasteiger charge is -2.12. The van der Waals surface area contributed by atoms with Crippen LogP contribution in [0.15, 0.2) is 41.6 Å². The van der Waals surface area contributed by atoms with Crippen LogP contribution in [0.1, 0.15) is 23.1 Å². The molecule has 0 spiro atoms. The lowest BCUT2D eigenvalue weighted by atomic mass is 10.2. The first-order chi connectivity index (χ1) is 13.4. The van der Waals surface area contributed by atoms with Gasteiger partial charge in [-0.3, -0.25) is 9.36 Å². The van der Waals surface area contributed by atoms with E-state index in [9.17, 15) is 4.79 Å². The predicted molar refractivity (Wildman–Crippen MR) is 115 cm³/mol. The Morgan fingerprint density at radius 3 is 2.50 bits per heavy atom. The number of carbonyl (C=O) groups is 1. The zero-order valence-corrected chi connectivity index (χ0v) is 18.4. The second kappa shape index (κ2) is 9.37. The van der Waals surface area contributed by atoms with E-state index in [0.29, 0.717) is 31.1 Å². The number of hydrogen-bond donors (Lipinski definition) is 1. The normalized spacial score (nSPS) is 10.9. The molecule has 0 aliphatic heterocycles. The predicted octanol–water partition coefficient (Wildman–Crippen LogP) is 5.92. The van der Waals surface area contributed by atoms with Crippen molar-refractivity contribution in [3.63, 3.8) is 0 Å². The van der Waals surface area contributed by atoms with Crippen LogP contribution in [-0.4, -0.2) is 26.4 Å². The van der Waals surface area contributed by atoms with Crippen LogP contribution < -0.4 is 5.32 Å². The fourth-order valence-corrected chi connectivity index (χ4v) is 3.81. The van der Waals surface area contributed by atoms with E-state index in [-0.39, 0.29) is 18.0 Å². The Kier molecular flexibility index (Phi) is 7.12. The molecule has 0 bridgehead atoms. The highest BCUT2D eigenvalue weighted by Gasteiger charge is 2.17. The van der Waals surface area contributed by atoms with E-state index in [4.69, 9.17) is 46.4 Å². The molecule has 1 heterocycles. The van der Waals surface area contributed by atoms with Crippen molar-refractivity contribution in [1.29, 1.82) is 0 Å². The van der Waals surface area contributed by atoms with Gasteiger partial charge >= 0.3 is 0 Å². The van der Waals surface area contributed by atoms with E-state index in [2.05, 4.69) is 15.5 Å².